The van der Waals surface area contributed by atoms with Crippen LogP contribution >= 0.6 is 34.4 Å². The van der Waals surface area contributed by atoms with Crippen molar-refractivity contribution >= 4 is 45.9 Å². The Morgan fingerprint density at radius 2 is 1.95 bits per heavy atom. The average Bonchev–Trinajstić information content (AvgIpc) is 2.51. The van der Waals surface area contributed by atoms with Crippen molar-refractivity contribution in [1.82, 2.24) is 0 Å². The lowest BCUT2D eigenvalue weighted by molar-refractivity contribution is -0.115. The summed E-state index contributed by atoms with van der Waals surface area (Å²) in [7, 11) is 1.65. The Morgan fingerprint density at radius 3 is 2.59 bits per heavy atom. The van der Waals surface area contributed by atoms with Gasteiger partial charge in [0.15, 0.2) is 0 Å². The number of methoxy groups -OCH3 is 1. The largest absolute Gasteiger partial charge is 0.497 e. The normalized spacial score (nSPS) is 10.3. The summed E-state index contributed by atoms with van der Waals surface area (Å²) in [6.07, 6.45) is 0.488. The third-order valence-corrected chi connectivity index (χ3v) is 4.80. The summed E-state index contributed by atoms with van der Waals surface area (Å²) in [5.74, 6) is 1.64. The predicted octanol–water partition coefficient (Wildman–Crippen LogP) is 4.73. The fourth-order valence-corrected chi connectivity index (χ4v) is 3.41. The van der Waals surface area contributed by atoms with E-state index >= 15 is 0 Å². The maximum Gasteiger partial charge on any atom is 0.225 e. The maximum absolute atomic E-state index is 12.0. The average molecular weight is 427 g/mol. The lowest BCUT2D eigenvalue weighted by atomic mass is 10.2. The van der Waals surface area contributed by atoms with Crippen LogP contribution in [0.2, 0.25) is 0 Å². The van der Waals surface area contributed by atoms with Crippen LogP contribution in [0.4, 0.5) is 5.69 Å². The number of aryl methyl sites for hydroxylation is 1. The number of amides is 1. The van der Waals surface area contributed by atoms with Crippen LogP contribution in [0.15, 0.2) is 47.4 Å². The highest BCUT2D eigenvalue weighted by atomic mass is 127. The van der Waals surface area contributed by atoms with Crippen LogP contribution in [-0.4, -0.2) is 18.8 Å². The van der Waals surface area contributed by atoms with E-state index in [2.05, 4.69) is 34.0 Å². The van der Waals surface area contributed by atoms with Crippen LogP contribution in [-0.2, 0) is 4.79 Å². The molecule has 0 heterocycles. The number of thioether (sulfide) groups is 1. The van der Waals surface area contributed by atoms with E-state index in [1.165, 1.54) is 3.57 Å². The minimum atomic E-state index is 0.0466. The number of benzene rings is 2. The van der Waals surface area contributed by atoms with Gasteiger partial charge in [-0.3, -0.25) is 4.79 Å². The van der Waals surface area contributed by atoms with Crippen LogP contribution in [0.3, 0.4) is 0 Å². The number of hydrogen-bond acceptors (Lipinski definition) is 3. The highest BCUT2D eigenvalue weighted by Crippen LogP contribution is 2.22. The molecule has 0 saturated carbocycles. The Kier molecular flexibility index (Phi) is 6.57. The zero-order valence-corrected chi connectivity index (χ0v) is 15.5. The molecule has 2 aromatic rings. The summed E-state index contributed by atoms with van der Waals surface area (Å²) >= 11 is 3.93. The highest BCUT2D eigenvalue weighted by molar-refractivity contribution is 14.1. The van der Waals surface area contributed by atoms with Crippen LogP contribution in [0.5, 0.6) is 5.75 Å². The number of carbonyl (C=O) groups is 1. The molecule has 2 rings (SSSR count). The van der Waals surface area contributed by atoms with Gasteiger partial charge in [0.2, 0.25) is 5.91 Å². The van der Waals surface area contributed by atoms with Gasteiger partial charge in [-0.2, -0.15) is 0 Å². The monoisotopic (exact) mass is 427 g/mol. The molecule has 22 heavy (non-hydrogen) atoms. The topological polar surface area (TPSA) is 38.3 Å². The van der Waals surface area contributed by atoms with Gasteiger partial charge >= 0.3 is 0 Å². The Hall–Kier alpha value is -1.21. The van der Waals surface area contributed by atoms with E-state index in [9.17, 15) is 4.79 Å². The molecule has 2 aromatic carbocycles. The first kappa shape index (κ1) is 17.1. The third kappa shape index (κ3) is 5.21. The lowest BCUT2D eigenvalue weighted by Gasteiger charge is -2.09. The summed E-state index contributed by atoms with van der Waals surface area (Å²) < 4.78 is 6.29. The number of ether oxygens (including phenoxy) is 1. The quantitative estimate of drug-likeness (QED) is 0.535. The van der Waals surface area contributed by atoms with Crippen molar-refractivity contribution < 1.29 is 9.53 Å². The Bertz CT molecular complexity index is 644. The third-order valence-electron chi connectivity index (χ3n) is 3.12. The number of rotatable bonds is 6. The van der Waals surface area contributed by atoms with E-state index < -0.39 is 0 Å². The fraction of sp³-hybridized carbons (Fsp3) is 0.235. The first-order chi connectivity index (χ1) is 10.6. The van der Waals surface area contributed by atoms with E-state index in [-0.39, 0.29) is 5.91 Å². The second kappa shape index (κ2) is 8.43. The molecular weight excluding hydrogens is 409 g/mol. The summed E-state index contributed by atoms with van der Waals surface area (Å²) in [5.41, 5.74) is 1.97. The van der Waals surface area contributed by atoms with Crippen LogP contribution in [0.1, 0.15) is 12.0 Å². The zero-order chi connectivity index (χ0) is 15.9. The smallest absolute Gasteiger partial charge is 0.225 e. The molecule has 0 bridgehead atoms. The van der Waals surface area contributed by atoms with E-state index in [1.54, 1.807) is 18.9 Å². The highest BCUT2D eigenvalue weighted by Gasteiger charge is 2.05. The second-order valence-electron chi connectivity index (χ2n) is 4.78. The van der Waals surface area contributed by atoms with E-state index in [1.807, 2.05) is 43.3 Å². The number of halogens is 1. The molecule has 1 N–H and O–H groups in total. The maximum atomic E-state index is 12.0. The number of anilines is 1. The second-order valence-corrected chi connectivity index (χ2v) is 7.20. The number of hydrogen-bond donors (Lipinski definition) is 1. The van der Waals surface area contributed by atoms with Crippen molar-refractivity contribution in [2.75, 3.05) is 18.2 Å². The molecule has 0 spiro atoms. The first-order valence-corrected chi connectivity index (χ1v) is 8.98. The van der Waals surface area contributed by atoms with Gasteiger partial charge in [-0.1, -0.05) is 0 Å². The summed E-state index contributed by atoms with van der Waals surface area (Å²) in [6, 6.07) is 13.9. The molecule has 0 radical (unpaired) electrons. The molecule has 0 aliphatic rings. The molecule has 0 aliphatic carbocycles. The lowest BCUT2D eigenvalue weighted by Crippen LogP contribution is -2.13. The van der Waals surface area contributed by atoms with Gasteiger partial charge in [-0.05, 0) is 77.5 Å². The molecule has 0 fully saturated rings. The van der Waals surface area contributed by atoms with Crippen molar-refractivity contribution in [1.29, 1.82) is 0 Å². The SMILES string of the molecule is COc1ccc(SCCC(=O)Nc2ccc(I)cc2C)cc1. The molecule has 0 aliphatic heterocycles. The molecule has 3 nitrogen and oxygen atoms in total. The molecule has 0 aromatic heterocycles. The minimum absolute atomic E-state index is 0.0466. The van der Waals surface area contributed by atoms with Gasteiger partial charge in [0.05, 0.1) is 7.11 Å². The molecule has 0 unspecified atom stereocenters. The summed E-state index contributed by atoms with van der Waals surface area (Å²) in [4.78, 5) is 13.1. The van der Waals surface area contributed by atoms with E-state index in [4.69, 9.17) is 4.74 Å². The van der Waals surface area contributed by atoms with Crippen molar-refractivity contribution in [3.05, 3.63) is 51.6 Å². The van der Waals surface area contributed by atoms with Crippen LogP contribution in [0, 0.1) is 10.5 Å². The fourth-order valence-electron chi connectivity index (χ4n) is 1.91. The predicted molar refractivity (Wildman–Crippen MR) is 101 cm³/mol. The summed E-state index contributed by atoms with van der Waals surface area (Å²) in [6.45, 7) is 2.00. The van der Waals surface area contributed by atoms with Gasteiger partial charge in [0, 0.05) is 26.3 Å². The number of carbonyl (C=O) groups excluding carboxylic acids is 1. The molecule has 0 saturated heterocycles. The molecule has 1 amide bonds. The number of nitrogens with one attached hydrogen (secondary N) is 1. The standard InChI is InChI=1S/C17H18INO2S/c1-12-11-13(18)3-8-16(12)19-17(20)9-10-22-15-6-4-14(21-2)5-7-15/h3-8,11H,9-10H2,1-2H3,(H,19,20). The minimum Gasteiger partial charge on any atom is -0.497 e. The summed E-state index contributed by atoms with van der Waals surface area (Å²) in [5, 5.41) is 2.97. The molecule has 116 valence electrons. The van der Waals surface area contributed by atoms with Gasteiger partial charge in [0.25, 0.3) is 0 Å². The van der Waals surface area contributed by atoms with Crippen LogP contribution < -0.4 is 10.1 Å². The zero-order valence-electron chi connectivity index (χ0n) is 12.6. The van der Waals surface area contributed by atoms with Crippen molar-refractivity contribution in [3.63, 3.8) is 0 Å². The Labute approximate surface area is 149 Å². The molecular formula is C17H18INO2S. The molecule has 0 atom stereocenters. The van der Waals surface area contributed by atoms with Crippen molar-refractivity contribution in [3.8, 4) is 5.75 Å². The van der Waals surface area contributed by atoms with Gasteiger partial charge in [-0.15, -0.1) is 11.8 Å². The van der Waals surface area contributed by atoms with Gasteiger partial charge in [-0.25, -0.2) is 0 Å². The first-order valence-electron chi connectivity index (χ1n) is 6.91. The van der Waals surface area contributed by atoms with E-state index in [0.29, 0.717) is 6.42 Å². The Morgan fingerprint density at radius 1 is 1.23 bits per heavy atom. The van der Waals surface area contributed by atoms with Gasteiger partial charge in [0.1, 0.15) is 5.75 Å². The van der Waals surface area contributed by atoms with Crippen molar-refractivity contribution in [2.24, 2.45) is 0 Å². The molecule has 5 heteroatoms. The van der Waals surface area contributed by atoms with Gasteiger partial charge < -0.3 is 10.1 Å². The van der Waals surface area contributed by atoms with Crippen molar-refractivity contribution in [2.45, 2.75) is 18.2 Å². The Balaban J connectivity index is 1.79. The van der Waals surface area contributed by atoms with Crippen LogP contribution in [0.25, 0.3) is 0 Å². The van der Waals surface area contributed by atoms with E-state index in [0.717, 1.165) is 27.6 Å².